The van der Waals surface area contributed by atoms with Crippen LogP contribution in [0.5, 0.6) is 5.88 Å². The van der Waals surface area contributed by atoms with Crippen LogP contribution in [0.2, 0.25) is 0 Å². The molecule has 11 heteroatoms. The summed E-state index contributed by atoms with van der Waals surface area (Å²) in [6.45, 7) is 3.83. The summed E-state index contributed by atoms with van der Waals surface area (Å²) in [5.74, 6) is -1.49. The third-order valence-electron chi connectivity index (χ3n) is 4.84. The van der Waals surface area contributed by atoms with Crippen molar-refractivity contribution in [3.8, 4) is 11.8 Å². The number of hydrogen-bond acceptors (Lipinski definition) is 7. The number of methoxy groups -OCH3 is 1. The van der Waals surface area contributed by atoms with E-state index < -0.39 is 23.6 Å². The standard InChI is InChI=1S/C21H20F2N6O3/c1-4-17(12-6-14(22)8-15(23)7-12)29-18-16(10-25-29)26-21(27-19(18)31-3)28-11-13(9-24-28)20(30)32-5-2/h6-11,17H,4-5H2,1-3H3. The maximum atomic E-state index is 13.8. The van der Waals surface area contributed by atoms with E-state index in [2.05, 4.69) is 20.2 Å². The highest BCUT2D eigenvalue weighted by Gasteiger charge is 2.22. The van der Waals surface area contributed by atoms with Crippen molar-refractivity contribution in [2.45, 2.75) is 26.3 Å². The molecule has 0 N–H and O–H groups in total. The van der Waals surface area contributed by atoms with E-state index in [1.54, 1.807) is 11.6 Å². The van der Waals surface area contributed by atoms with Gasteiger partial charge in [0.05, 0.1) is 37.7 Å². The second-order valence-electron chi connectivity index (χ2n) is 6.88. The quantitative estimate of drug-likeness (QED) is 0.404. The largest absolute Gasteiger partial charge is 0.479 e. The fourth-order valence-corrected chi connectivity index (χ4v) is 3.47. The zero-order valence-corrected chi connectivity index (χ0v) is 17.6. The molecule has 0 saturated heterocycles. The lowest BCUT2D eigenvalue weighted by Gasteiger charge is -2.18. The van der Waals surface area contributed by atoms with E-state index in [0.717, 1.165) is 6.07 Å². The van der Waals surface area contributed by atoms with Gasteiger partial charge in [0.25, 0.3) is 5.95 Å². The number of esters is 1. The van der Waals surface area contributed by atoms with Crippen molar-refractivity contribution in [1.29, 1.82) is 0 Å². The molecule has 32 heavy (non-hydrogen) atoms. The van der Waals surface area contributed by atoms with Gasteiger partial charge in [-0.3, -0.25) is 4.68 Å². The van der Waals surface area contributed by atoms with E-state index in [1.165, 1.54) is 42.5 Å². The van der Waals surface area contributed by atoms with Crippen molar-refractivity contribution in [2.24, 2.45) is 0 Å². The van der Waals surface area contributed by atoms with Crippen LogP contribution in [0, 0.1) is 11.6 Å². The Bertz CT molecular complexity index is 1270. The van der Waals surface area contributed by atoms with Crippen LogP contribution in [-0.2, 0) is 4.74 Å². The van der Waals surface area contributed by atoms with E-state index in [1.807, 2.05) is 6.92 Å². The molecular weight excluding hydrogens is 422 g/mol. The van der Waals surface area contributed by atoms with Crippen molar-refractivity contribution >= 4 is 17.0 Å². The van der Waals surface area contributed by atoms with Gasteiger partial charge in [0.1, 0.15) is 22.7 Å². The summed E-state index contributed by atoms with van der Waals surface area (Å²) in [4.78, 5) is 20.8. The Hall–Kier alpha value is -3.89. The predicted octanol–water partition coefficient (Wildman–Crippen LogP) is 3.47. The Labute approximate surface area is 181 Å². The fourth-order valence-electron chi connectivity index (χ4n) is 3.47. The predicted molar refractivity (Wildman–Crippen MR) is 110 cm³/mol. The Kier molecular flexibility index (Phi) is 5.80. The molecule has 3 aromatic heterocycles. The van der Waals surface area contributed by atoms with Crippen LogP contribution in [0.1, 0.15) is 42.2 Å². The first-order valence-corrected chi connectivity index (χ1v) is 9.92. The van der Waals surface area contributed by atoms with Crippen molar-refractivity contribution < 1.29 is 23.0 Å². The molecule has 0 aliphatic carbocycles. The number of fused-ring (bicyclic) bond motifs is 1. The summed E-state index contributed by atoms with van der Waals surface area (Å²) >= 11 is 0. The molecular formula is C21H20F2N6O3. The summed E-state index contributed by atoms with van der Waals surface area (Å²) in [6.07, 6.45) is 4.82. The first kappa shape index (κ1) is 21.3. The molecule has 1 unspecified atom stereocenters. The summed E-state index contributed by atoms with van der Waals surface area (Å²) < 4.78 is 41.0. The third-order valence-corrected chi connectivity index (χ3v) is 4.84. The van der Waals surface area contributed by atoms with Crippen molar-refractivity contribution in [2.75, 3.05) is 13.7 Å². The number of aromatic nitrogens is 6. The lowest BCUT2D eigenvalue weighted by molar-refractivity contribution is 0.0526. The molecule has 1 aromatic carbocycles. The minimum absolute atomic E-state index is 0.161. The maximum Gasteiger partial charge on any atom is 0.341 e. The van der Waals surface area contributed by atoms with Crippen LogP contribution < -0.4 is 4.74 Å². The lowest BCUT2D eigenvalue weighted by atomic mass is 10.0. The smallest absolute Gasteiger partial charge is 0.341 e. The third kappa shape index (κ3) is 3.88. The Morgan fingerprint density at radius 3 is 2.50 bits per heavy atom. The normalized spacial score (nSPS) is 12.2. The molecule has 9 nitrogen and oxygen atoms in total. The van der Waals surface area contributed by atoms with Gasteiger partial charge in [-0.1, -0.05) is 6.92 Å². The van der Waals surface area contributed by atoms with Crippen LogP contribution in [0.25, 0.3) is 17.0 Å². The lowest BCUT2D eigenvalue weighted by Crippen LogP contribution is -2.13. The van der Waals surface area contributed by atoms with Crippen LogP contribution in [-0.4, -0.2) is 49.2 Å². The molecule has 0 aliphatic rings. The second-order valence-corrected chi connectivity index (χ2v) is 6.88. The SMILES string of the molecule is CCOC(=O)c1cnn(-c2nc(OC)c3c(cnn3C(CC)c3cc(F)cc(F)c3)n2)c1. The number of halogens is 2. The fraction of sp³-hybridized carbons (Fsp3) is 0.286. The number of nitrogens with zero attached hydrogens (tertiary/aromatic N) is 6. The molecule has 3 heterocycles. The van der Waals surface area contributed by atoms with Gasteiger partial charge in [0, 0.05) is 12.3 Å². The molecule has 0 spiro atoms. The number of carbonyl (C=O) groups excluding carboxylic acids is 1. The maximum absolute atomic E-state index is 13.8. The highest BCUT2D eigenvalue weighted by Crippen LogP contribution is 2.31. The van der Waals surface area contributed by atoms with Gasteiger partial charge < -0.3 is 9.47 Å². The molecule has 1 atom stereocenters. The summed E-state index contributed by atoms with van der Waals surface area (Å²) in [5.41, 5.74) is 1.58. The Morgan fingerprint density at radius 2 is 1.84 bits per heavy atom. The van der Waals surface area contributed by atoms with Gasteiger partial charge in [-0.05, 0) is 31.0 Å². The van der Waals surface area contributed by atoms with Crippen molar-refractivity contribution in [1.82, 2.24) is 29.5 Å². The summed E-state index contributed by atoms with van der Waals surface area (Å²) in [7, 11) is 1.44. The average Bonchev–Trinajstić information content (AvgIpc) is 3.41. The number of carbonyl (C=O) groups is 1. The molecule has 0 radical (unpaired) electrons. The molecule has 166 valence electrons. The monoisotopic (exact) mass is 442 g/mol. The minimum atomic E-state index is -0.670. The molecule has 0 bridgehead atoms. The topological polar surface area (TPSA) is 97.0 Å². The first-order chi connectivity index (χ1) is 15.4. The molecule has 4 rings (SSSR count). The van der Waals surface area contributed by atoms with E-state index in [0.29, 0.717) is 23.0 Å². The molecule has 0 aliphatic heterocycles. The van der Waals surface area contributed by atoms with E-state index in [9.17, 15) is 13.6 Å². The zero-order chi connectivity index (χ0) is 22.8. The Balaban J connectivity index is 1.79. The molecule has 0 saturated carbocycles. The minimum Gasteiger partial charge on any atom is -0.479 e. The molecule has 0 amide bonds. The Morgan fingerprint density at radius 1 is 1.09 bits per heavy atom. The summed E-state index contributed by atoms with van der Waals surface area (Å²) in [5, 5.41) is 8.51. The molecule has 4 aromatic rings. The molecule has 0 fully saturated rings. The van der Waals surface area contributed by atoms with E-state index >= 15 is 0 Å². The second kappa shape index (κ2) is 8.69. The van der Waals surface area contributed by atoms with Gasteiger partial charge >= 0.3 is 5.97 Å². The number of hydrogen-bond donors (Lipinski definition) is 0. The zero-order valence-electron chi connectivity index (χ0n) is 17.6. The van der Waals surface area contributed by atoms with Crippen LogP contribution in [0.3, 0.4) is 0 Å². The highest BCUT2D eigenvalue weighted by atomic mass is 19.1. The van der Waals surface area contributed by atoms with Crippen molar-refractivity contribution in [3.63, 3.8) is 0 Å². The van der Waals surface area contributed by atoms with Crippen LogP contribution in [0.4, 0.5) is 8.78 Å². The van der Waals surface area contributed by atoms with Gasteiger partial charge in [0.2, 0.25) is 5.88 Å². The van der Waals surface area contributed by atoms with Crippen LogP contribution >= 0.6 is 0 Å². The number of benzene rings is 1. The summed E-state index contributed by atoms with van der Waals surface area (Å²) in [6, 6.07) is 2.89. The first-order valence-electron chi connectivity index (χ1n) is 9.92. The average molecular weight is 442 g/mol. The van der Waals surface area contributed by atoms with Crippen LogP contribution in [0.15, 0.2) is 36.8 Å². The van der Waals surface area contributed by atoms with E-state index in [-0.39, 0.29) is 24.0 Å². The van der Waals surface area contributed by atoms with Gasteiger partial charge in [-0.2, -0.15) is 15.2 Å². The van der Waals surface area contributed by atoms with Gasteiger partial charge in [-0.25, -0.2) is 23.2 Å². The highest BCUT2D eigenvalue weighted by molar-refractivity contribution is 5.88. The van der Waals surface area contributed by atoms with Crippen molar-refractivity contribution in [3.05, 3.63) is 59.6 Å². The number of ether oxygens (including phenoxy) is 2. The number of rotatable bonds is 7. The van der Waals surface area contributed by atoms with E-state index in [4.69, 9.17) is 9.47 Å². The van der Waals surface area contributed by atoms with Gasteiger partial charge in [-0.15, -0.1) is 0 Å². The van der Waals surface area contributed by atoms with Gasteiger partial charge in [0.15, 0.2) is 0 Å².